The van der Waals surface area contributed by atoms with Crippen LogP contribution in [0.1, 0.15) is 38.8 Å². The molecule has 1 saturated carbocycles. The molecule has 0 spiro atoms. The Bertz CT molecular complexity index is 582. The van der Waals surface area contributed by atoms with Crippen molar-refractivity contribution in [1.29, 1.82) is 0 Å². The van der Waals surface area contributed by atoms with E-state index in [9.17, 15) is 9.90 Å². The van der Waals surface area contributed by atoms with E-state index in [0.717, 1.165) is 17.7 Å². The van der Waals surface area contributed by atoms with Gasteiger partial charge in [0.1, 0.15) is 23.7 Å². The van der Waals surface area contributed by atoms with Crippen molar-refractivity contribution < 1.29 is 19.4 Å². The molecule has 6 heteroatoms. The molecule has 22 heavy (non-hydrogen) atoms. The third-order valence-corrected chi connectivity index (χ3v) is 3.69. The summed E-state index contributed by atoms with van der Waals surface area (Å²) in [6.07, 6.45) is 0.498. The predicted octanol–water partition coefficient (Wildman–Crippen LogP) is 2.08. The molecular weight excluding hydrogens is 284 g/mol. The lowest BCUT2D eigenvalue weighted by Gasteiger charge is -2.20. The number of carbonyl (C=O) groups excluding carboxylic acids is 1. The summed E-state index contributed by atoms with van der Waals surface area (Å²) in [6.45, 7) is 6.07. The lowest BCUT2D eigenvalue weighted by molar-refractivity contribution is 0.0522. The Balaban J connectivity index is 1.50. The average Bonchev–Trinajstić information content (AvgIpc) is 2.96. The molecule has 0 bridgehead atoms. The lowest BCUT2D eigenvalue weighted by atomic mass is 10.1. The fourth-order valence-corrected chi connectivity index (χ4v) is 2.59. The summed E-state index contributed by atoms with van der Waals surface area (Å²) in [7, 11) is 0. The van der Waals surface area contributed by atoms with E-state index < -0.39 is 5.60 Å². The van der Waals surface area contributed by atoms with E-state index in [-0.39, 0.29) is 30.0 Å². The average molecular weight is 306 g/mol. The van der Waals surface area contributed by atoms with Crippen LogP contribution in [-0.4, -0.2) is 35.5 Å². The molecule has 3 rings (SSSR count). The topological polar surface area (TPSA) is 79.8 Å². The molecule has 3 atom stereocenters. The second-order valence-electron chi connectivity index (χ2n) is 6.85. The number of hydrogen-bond donors (Lipinski definition) is 3. The van der Waals surface area contributed by atoms with Crippen molar-refractivity contribution in [2.45, 2.75) is 50.9 Å². The van der Waals surface area contributed by atoms with Crippen LogP contribution in [-0.2, 0) is 4.74 Å². The summed E-state index contributed by atoms with van der Waals surface area (Å²) in [5, 5.41) is 15.8. The molecule has 1 heterocycles. The van der Waals surface area contributed by atoms with Gasteiger partial charge in [0, 0.05) is 23.7 Å². The lowest BCUT2D eigenvalue weighted by Crippen LogP contribution is -2.37. The van der Waals surface area contributed by atoms with Gasteiger partial charge in [0.25, 0.3) is 0 Å². The number of alkyl carbamates (subject to hydrolysis) is 1. The molecule has 1 aliphatic heterocycles. The molecule has 0 radical (unpaired) electrons. The fraction of sp³-hybridized carbons (Fsp3) is 0.562. The number of phenols is 1. The van der Waals surface area contributed by atoms with Gasteiger partial charge in [-0.05, 0) is 39.3 Å². The molecule has 1 fully saturated rings. The van der Waals surface area contributed by atoms with Gasteiger partial charge in [0.2, 0.25) is 0 Å². The molecule has 3 unspecified atom stereocenters. The van der Waals surface area contributed by atoms with Crippen molar-refractivity contribution in [1.82, 2.24) is 10.6 Å². The first kappa shape index (κ1) is 15.0. The standard InChI is InChI=1S/C16H22N2O4/c1-16(2,3)22-15(20)18-12-7-11(12)17-13-8-21-14-6-9(19)4-5-10(13)14/h4-6,11-13,17,19H,7-8H2,1-3H3,(H,18,20). The minimum Gasteiger partial charge on any atom is -0.508 e. The zero-order valence-electron chi connectivity index (χ0n) is 13.1. The highest BCUT2D eigenvalue weighted by atomic mass is 16.6. The third-order valence-electron chi connectivity index (χ3n) is 3.69. The van der Waals surface area contributed by atoms with Crippen LogP contribution in [0.3, 0.4) is 0 Å². The van der Waals surface area contributed by atoms with Crippen LogP contribution in [0.4, 0.5) is 4.79 Å². The number of hydrogen-bond acceptors (Lipinski definition) is 5. The number of phenolic OH excluding ortho intramolecular Hbond substituents is 1. The third kappa shape index (κ3) is 3.44. The van der Waals surface area contributed by atoms with Crippen molar-refractivity contribution in [3.8, 4) is 11.5 Å². The van der Waals surface area contributed by atoms with Crippen molar-refractivity contribution >= 4 is 6.09 Å². The van der Waals surface area contributed by atoms with Crippen LogP contribution in [0.25, 0.3) is 0 Å². The summed E-state index contributed by atoms with van der Waals surface area (Å²) in [4.78, 5) is 11.7. The Hall–Kier alpha value is -1.95. The zero-order chi connectivity index (χ0) is 15.9. The minimum absolute atomic E-state index is 0.0889. The highest BCUT2D eigenvalue weighted by molar-refractivity contribution is 5.68. The van der Waals surface area contributed by atoms with Gasteiger partial charge in [0.05, 0.1) is 6.04 Å². The van der Waals surface area contributed by atoms with Gasteiger partial charge in [-0.2, -0.15) is 0 Å². The highest BCUT2D eigenvalue weighted by Gasteiger charge is 2.42. The summed E-state index contributed by atoms with van der Waals surface area (Å²) in [5.41, 5.74) is 0.558. The van der Waals surface area contributed by atoms with Crippen LogP contribution in [0.2, 0.25) is 0 Å². The molecule has 1 aromatic carbocycles. The first-order valence-corrected chi connectivity index (χ1v) is 7.53. The van der Waals surface area contributed by atoms with E-state index in [0.29, 0.717) is 6.61 Å². The van der Waals surface area contributed by atoms with Crippen molar-refractivity contribution in [3.63, 3.8) is 0 Å². The molecule has 6 nitrogen and oxygen atoms in total. The van der Waals surface area contributed by atoms with E-state index in [1.165, 1.54) is 0 Å². The zero-order valence-corrected chi connectivity index (χ0v) is 13.1. The van der Waals surface area contributed by atoms with Crippen molar-refractivity contribution in [2.75, 3.05) is 6.61 Å². The van der Waals surface area contributed by atoms with E-state index >= 15 is 0 Å². The smallest absolute Gasteiger partial charge is 0.407 e. The Morgan fingerprint density at radius 2 is 2.14 bits per heavy atom. The summed E-state index contributed by atoms with van der Waals surface area (Å²) in [6, 6.07) is 5.56. The molecule has 1 amide bonds. The van der Waals surface area contributed by atoms with Gasteiger partial charge in [0.15, 0.2) is 0 Å². The maximum absolute atomic E-state index is 11.7. The second-order valence-corrected chi connectivity index (χ2v) is 6.85. The number of ether oxygens (including phenoxy) is 2. The number of amides is 1. The van der Waals surface area contributed by atoms with E-state index in [2.05, 4.69) is 10.6 Å². The number of carbonyl (C=O) groups is 1. The predicted molar refractivity (Wildman–Crippen MR) is 81.0 cm³/mol. The number of fused-ring (bicyclic) bond motifs is 1. The summed E-state index contributed by atoms with van der Waals surface area (Å²) < 4.78 is 10.8. The molecule has 3 N–H and O–H groups in total. The second kappa shape index (κ2) is 5.35. The van der Waals surface area contributed by atoms with Crippen LogP contribution < -0.4 is 15.4 Å². The maximum atomic E-state index is 11.7. The Morgan fingerprint density at radius 1 is 1.36 bits per heavy atom. The Morgan fingerprint density at radius 3 is 2.86 bits per heavy atom. The van der Waals surface area contributed by atoms with Gasteiger partial charge >= 0.3 is 6.09 Å². The van der Waals surface area contributed by atoms with Gasteiger partial charge in [-0.3, -0.25) is 0 Å². The maximum Gasteiger partial charge on any atom is 0.407 e. The number of nitrogens with one attached hydrogen (secondary N) is 2. The Kier molecular flexibility index (Phi) is 3.64. The van der Waals surface area contributed by atoms with Crippen LogP contribution >= 0.6 is 0 Å². The highest BCUT2D eigenvalue weighted by Crippen LogP contribution is 2.37. The largest absolute Gasteiger partial charge is 0.508 e. The monoisotopic (exact) mass is 306 g/mol. The molecule has 2 aliphatic rings. The van der Waals surface area contributed by atoms with E-state index in [1.807, 2.05) is 26.8 Å². The number of aromatic hydroxyl groups is 1. The first-order chi connectivity index (χ1) is 10.3. The van der Waals surface area contributed by atoms with Crippen LogP contribution in [0.15, 0.2) is 18.2 Å². The van der Waals surface area contributed by atoms with Gasteiger partial charge in [-0.15, -0.1) is 0 Å². The molecule has 0 aromatic heterocycles. The first-order valence-electron chi connectivity index (χ1n) is 7.53. The van der Waals surface area contributed by atoms with E-state index in [1.54, 1.807) is 12.1 Å². The minimum atomic E-state index is -0.484. The van der Waals surface area contributed by atoms with Crippen LogP contribution in [0, 0.1) is 0 Å². The quantitative estimate of drug-likeness (QED) is 0.797. The SMILES string of the molecule is CC(C)(C)OC(=O)NC1CC1NC1COc2cc(O)ccc21. The molecule has 120 valence electrons. The molecule has 1 aliphatic carbocycles. The molecular formula is C16H22N2O4. The van der Waals surface area contributed by atoms with Gasteiger partial charge < -0.3 is 25.2 Å². The summed E-state index contributed by atoms with van der Waals surface area (Å²) >= 11 is 0. The van der Waals surface area contributed by atoms with Gasteiger partial charge in [-0.25, -0.2) is 4.79 Å². The normalized spacial score (nSPS) is 26.0. The number of benzene rings is 1. The van der Waals surface area contributed by atoms with Crippen LogP contribution in [0.5, 0.6) is 11.5 Å². The van der Waals surface area contributed by atoms with Gasteiger partial charge in [-0.1, -0.05) is 0 Å². The van der Waals surface area contributed by atoms with Crippen molar-refractivity contribution in [3.05, 3.63) is 23.8 Å². The fourth-order valence-electron chi connectivity index (χ4n) is 2.59. The Labute approximate surface area is 129 Å². The molecule has 1 aromatic rings. The van der Waals surface area contributed by atoms with E-state index in [4.69, 9.17) is 9.47 Å². The molecule has 0 saturated heterocycles. The number of rotatable bonds is 3. The summed E-state index contributed by atoms with van der Waals surface area (Å²) in [5.74, 6) is 0.921. The van der Waals surface area contributed by atoms with Crippen molar-refractivity contribution in [2.24, 2.45) is 0 Å².